The fourth-order valence-corrected chi connectivity index (χ4v) is 2.60. The van der Waals surface area contributed by atoms with Crippen LogP contribution >= 0.6 is 0 Å². The first-order valence-electron chi connectivity index (χ1n) is 7.64. The molecule has 128 valence electrons. The molecule has 0 aromatic heterocycles. The van der Waals surface area contributed by atoms with E-state index >= 15 is 0 Å². The summed E-state index contributed by atoms with van der Waals surface area (Å²) in [5, 5.41) is 5.56. The predicted molar refractivity (Wildman–Crippen MR) is 81.6 cm³/mol. The van der Waals surface area contributed by atoms with Crippen molar-refractivity contribution in [3.63, 3.8) is 0 Å². The van der Waals surface area contributed by atoms with Gasteiger partial charge in [0.1, 0.15) is 5.75 Å². The van der Waals surface area contributed by atoms with Gasteiger partial charge in [-0.1, -0.05) is 17.7 Å². The summed E-state index contributed by atoms with van der Waals surface area (Å²) in [6.07, 6.45) is 1.65. The first-order chi connectivity index (χ1) is 10.9. The molecule has 0 radical (unpaired) electrons. The summed E-state index contributed by atoms with van der Waals surface area (Å²) in [5.74, 6) is 0.0746. The van der Waals surface area contributed by atoms with Crippen molar-refractivity contribution < 1.29 is 23.0 Å². The van der Waals surface area contributed by atoms with Crippen molar-refractivity contribution in [3.8, 4) is 5.75 Å². The summed E-state index contributed by atoms with van der Waals surface area (Å²) in [7, 11) is 0. The van der Waals surface area contributed by atoms with Crippen molar-refractivity contribution in [1.29, 1.82) is 0 Å². The molecule has 0 spiro atoms. The Kier molecular flexibility index (Phi) is 6.15. The molecule has 23 heavy (non-hydrogen) atoms. The molecular formula is C16H22F2N2O3. The summed E-state index contributed by atoms with van der Waals surface area (Å²) >= 11 is 0. The smallest absolute Gasteiger partial charge is 0.387 e. The Morgan fingerprint density at radius 1 is 1.48 bits per heavy atom. The number of hydrogen-bond donors (Lipinski definition) is 2. The number of urea groups is 1. The SMILES string of the molecule is Cc1ccc(OC(F)F)c(CNC(=O)N[C@@H]2CCO[C@@H](C)C2)c1. The van der Waals surface area contributed by atoms with Crippen LogP contribution in [0.25, 0.3) is 0 Å². The number of nitrogens with one attached hydrogen (secondary N) is 2. The lowest BCUT2D eigenvalue weighted by Gasteiger charge is -2.28. The number of alkyl halides is 2. The van der Waals surface area contributed by atoms with E-state index in [4.69, 9.17) is 4.74 Å². The molecule has 0 saturated carbocycles. The Bertz CT molecular complexity index is 540. The number of rotatable bonds is 5. The number of aryl methyl sites for hydroxylation is 1. The van der Waals surface area contributed by atoms with Gasteiger partial charge in [-0.3, -0.25) is 0 Å². The van der Waals surface area contributed by atoms with E-state index in [0.29, 0.717) is 12.2 Å². The van der Waals surface area contributed by atoms with Gasteiger partial charge in [-0.2, -0.15) is 8.78 Å². The van der Waals surface area contributed by atoms with Crippen LogP contribution in [0.1, 0.15) is 30.9 Å². The highest BCUT2D eigenvalue weighted by molar-refractivity contribution is 5.74. The van der Waals surface area contributed by atoms with Gasteiger partial charge in [-0.25, -0.2) is 4.79 Å². The predicted octanol–water partition coefficient (Wildman–Crippen LogP) is 2.96. The van der Waals surface area contributed by atoms with Crippen LogP contribution in [0.15, 0.2) is 18.2 Å². The third-order valence-corrected chi connectivity index (χ3v) is 3.69. The van der Waals surface area contributed by atoms with Gasteiger partial charge < -0.3 is 20.1 Å². The maximum atomic E-state index is 12.4. The second-order valence-electron chi connectivity index (χ2n) is 5.72. The van der Waals surface area contributed by atoms with E-state index in [9.17, 15) is 13.6 Å². The van der Waals surface area contributed by atoms with Crippen LogP contribution in [0.5, 0.6) is 5.75 Å². The van der Waals surface area contributed by atoms with Crippen LogP contribution < -0.4 is 15.4 Å². The molecule has 1 fully saturated rings. The molecule has 2 atom stereocenters. The third kappa shape index (κ3) is 5.67. The van der Waals surface area contributed by atoms with E-state index in [2.05, 4.69) is 15.4 Å². The molecule has 1 saturated heterocycles. The van der Waals surface area contributed by atoms with Gasteiger partial charge in [-0.05, 0) is 32.8 Å². The zero-order valence-corrected chi connectivity index (χ0v) is 13.3. The minimum atomic E-state index is -2.89. The van der Waals surface area contributed by atoms with Crippen LogP contribution in [-0.4, -0.2) is 31.4 Å². The largest absolute Gasteiger partial charge is 0.434 e. The Morgan fingerprint density at radius 3 is 2.96 bits per heavy atom. The molecule has 7 heteroatoms. The maximum Gasteiger partial charge on any atom is 0.387 e. The quantitative estimate of drug-likeness (QED) is 0.874. The molecule has 2 N–H and O–H groups in total. The van der Waals surface area contributed by atoms with Gasteiger partial charge in [0, 0.05) is 24.8 Å². The first-order valence-corrected chi connectivity index (χ1v) is 7.64. The summed E-state index contributed by atoms with van der Waals surface area (Å²) < 4.78 is 34.7. The van der Waals surface area contributed by atoms with Crippen LogP contribution in [0, 0.1) is 6.92 Å². The van der Waals surface area contributed by atoms with Gasteiger partial charge in [0.2, 0.25) is 0 Å². The number of carbonyl (C=O) groups excluding carboxylic acids is 1. The average molecular weight is 328 g/mol. The van der Waals surface area contributed by atoms with E-state index in [1.54, 1.807) is 12.1 Å². The van der Waals surface area contributed by atoms with Crippen LogP contribution in [0.2, 0.25) is 0 Å². The average Bonchev–Trinajstić information content (AvgIpc) is 2.47. The second-order valence-corrected chi connectivity index (χ2v) is 5.72. The maximum absolute atomic E-state index is 12.4. The molecule has 0 aliphatic carbocycles. The minimum absolute atomic E-state index is 0.0630. The van der Waals surface area contributed by atoms with Crippen molar-refractivity contribution in [1.82, 2.24) is 10.6 Å². The van der Waals surface area contributed by atoms with Gasteiger partial charge in [0.25, 0.3) is 0 Å². The number of carbonyl (C=O) groups is 1. The number of amides is 2. The fourth-order valence-electron chi connectivity index (χ4n) is 2.60. The van der Waals surface area contributed by atoms with E-state index in [1.165, 1.54) is 6.07 Å². The lowest BCUT2D eigenvalue weighted by Crippen LogP contribution is -2.45. The third-order valence-electron chi connectivity index (χ3n) is 3.69. The molecule has 0 bridgehead atoms. The van der Waals surface area contributed by atoms with Crippen molar-refractivity contribution in [2.75, 3.05) is 6.61 Å². The van der Waals surface area contributed by atoms with Crippen molar-refractivity contribution in [2.45, 2.75) is 52.0 Å². The molecular weight excluding hydrogens is 306 g/mol. The Balaban J connectivity index is 1.89. The summed E-state index contributed by atoms with van der Waals surface area (Å²) in [5.41, 5.74) is 1.42. The lowest BCUT2D eigenvalue weighted by molar-refractivity contribution is -0.0504. The number of halogens is 2. The highest BCUT2D eigenvalue weighted by Crippen LogP contribution is 2.22. The van der Waals surface area contributed by atoms with E-state index in [-0.39, 0.29) is 30.5 Å². The zero-order chi connectivity index (χ0) is 16.8. The van der Waals surface area contributed by atoms with Crippen LogP contribution in [-0.2, 0) is 11.3 Å². The van der Waals surface area contributed by atoms with Crippen molar-refractivity contribution >= 4 is 6.03 Å². The summed E-state index contributed by atoms with van der Waals surface area (Å²) in [6, 6.07) is 4.62. The Morgan fingerprint density at radius 2 is 2.26 bits per heavy atom. The lowest BCUT2D eigenvalue weighted by atomic mass is 10.0. The molecule has 1 heterocycles. The molecule has 1 aromatic carbocycles. The molecule has 1 aliphatic rings. The fraction of sp³-hybridized carbons (Fsp3) is 0.562. The topological polar surface area (TPSA) is 59.6 Å². The highest BCUT2D eigenvalue weighted by atomic mass is 19.3. The highest BCUT2D eigenvalue weighted by Gasteiger charge is 2.21. The van der Waals surface area contributed by atoms with Crippen LogP contribution in [0.4, 0.5) is 13.6 Å². The molecule has 5 nitrogen and oxygen atoms in total. The summed E-state index contributed by atoms with van der Waals surface area (Å²) in [6.45, 7) is 1.66. The normalized spacial score (nSPS) is 21.1. The van der Waals surface area contributed by atoms with Crippen LogP contribution in [0.3, 0.4) is 0 Å². The minimum Gasteiger partial charge on any atom is -0.434 e. The van der Waals surface area contributed by atoms with E-state index in [0.717, 1.165) is 18.4 Å². The molecule has 0 unspecified atom stereocenters. The second kappa shape index (κ2) is 8.10. The monoisotopic (exact) mass is 328 g/mol. The van der Waals surface area contributed by atoms with Gasteiger partial charge in [0.15, 0.2) is 0 Å². The first kappa shape index (κ1) is 17.5. The molecule has 1 aromatic rings. The molecule has 1 aliphatic heterocycles. The molecule has 2 amide bonds. The van der Waals surface area contributed by atoms with E-state index in [1.807, 2.05) is 13.8 Å². The standard InChI is InChI=1S/C16H22F2N2O3/c1-10-3-4-14(23-15(17)18)12(7-10)9-19-16(21)20-13-5-6-22-11(2)8-13/h3-4,7,11,13,15H,5-6,8-9H2,1-2H3,(H2,19,20,21)/t11-,13+/m0/s1. The zero-order valence-electron chi connectivity index (χ0n) is 13.3. The van der Waals surface area contributed by atoms with Gasteiger partial charge >= 0.3 is 12.6 Å². The number of benzene rings is 1. The Labute approximate surface area is 134 Å². The number of hydrogen-bond acceptors (Lipinski definition) is 3. The van der Waals surface area contributed by atoms with Crippen molar-refractivity contribution in [3.05, 3.63) is 29.3 Å². The van der Waals surface area contributed by atoms with E-state index < -0.39 is 6.61 Å². The van der Waals surface area contributed by atoms with Gasteiger partial charge in [0.05, 0.1) is 6.10 Å². The Hall–Kier alpha value is -1.89. The molecule has 2 rings (SSSR count). The van der Waals surface area contributed by atoms with Crippen molar-refractivity contribution in [2.24, 2.45) is 0 Å². The number of ether oxygens (including phenoxy) is 2. The van der Waals surface area contributed by atoms with Gasteiger partial charge in [-0.15, -0.1) is 0 Å². The summed E-state index contributed by atoms with van der Waals surface area (Å²) in [4.78, 5) is 12.0.